The van der Waals surface area contributed by atoms with Gasteiger partial charge in [-0.2, -0.15) is 4.68 Å². The van der Waals surface area contributed by atoms with E-state index in [1.54, 1.807) is 16.8 Å². The first-order valence-corrected chi connectivity index (χ1v) is 9.70. The van der Waals surface area contributed by atoms with E-state index in [-0.39, 0.29) is 5.69 Å². The van der Waals surface area contributed by atoms with E-state index in [0.29, 0.717) is 27.8 Å². The van der Waals surface area contributed by atoms with Gasteiger partial charge >= 0.3 is 0 Å². The summed E-state index contributed by atoms with van der Waals surface area (Å²) in [7, 11) is 0. The Balaban J connectivity index is 1.46. The molecule has 2 heterocycles. The molecule has 0 saturated carbocycles. The van der Waals surface area contributed by atoms with Crippen LogP contribution in [0, 0.1) is 10.1 Å². The molecule has 5 rings (SSSR count). The zero-order valence-electron chi connectivity index (χ0n) is 14.9. The van der Waals surface area contributed by atoms with Gasteiger partial charge in [-0.05, 0) is 27.9 Å². The number of benzene rings is 3. The number of hydrogen-bond donors (Lipinski definition) is 1. The SMILES string of the molecule is O=[N+]([O-])c1cccc2[nH]c(CSc3nnnn3-c3cccc4ccccc34)nc12. The maximum atomic E-state index is 11.2. The smallest absolute Gasteiger partial charge is 0.297 e. The zero-order valence-corrected chi connectivity index (χ0v) is 15.7. The van der Waals surface area contributed by atoms with Crippen molar-refractivity contribution in [2.24, 2.45) is 0 Å². The third kappa shape index (κ3) is 3.09. The Morgan fingerprint density at radius 3 is 2.79 bits per heavy atom. The van der Waals surface area contributed by atoms with Crippen LogP contribution in [0.3, 0.4) is 0 Å². The summed E-state index contributed by atoms with van der Waals surface area (Å²) in [5.41, 5.74) is 1.84. The molecule has 0 radical (unpaired) electrons. The van der Waals surface area contributed by atoms with E-state index in [1.807, 2.05) is 42.5 Å². The van der Waals surface area contributed by atoms with Crippen molar-refractivity contribution in [2.45, 2.75) is 10.9 Å². The minimum absolute atomic E-state index is 0.0180. The van der Waals surface area contributed by atoms with Gasteiger partial charge in [-0.1, -0.05) is 54.2 Å². The maximum absolute atomic E-state index is 11.2. The van der Waals surface area contributed by atoms with Crippen molar-refractivity contribution in [1.29, 1.82) is 0 Å². The van der Waals surface area contributed by atoms with Gasteiger partial charge in [0.05, 0.1) is 21.9 Å². The molecule has 0 unspecified atom stereocenters. The van der Waals surface area contributed by atoms with Crippen molar-refractivity contribution in [3.05, 3.63) is 76.6 Å². The van der Waals surface area contributed by atoms with Gasteiger partial charge in [0.2, 0.25) is 5.16 Å². The number of aromatic nitrogens is 6. The van der Waals surface area contributed by atoms with E-state index in [4.69, 9.17) is 0 Å². The molecule has 0 aliphatic heterocycles. The number of para-hydroxylation sites is 1. The Hall–Kier alpha value is -3.79. The summed E-state index contributed by atoms with van der Waals surface area (Å²) in [6, 6.07) is 18.8. The van der Waals surface area contributed by atoms with E-state index in [2.05, 4.69) is 25.5 Å². The highest BCUT2D eigenvalue weighted by molar-refractivity contribution is 7.98. The molecule has 0 amide bonds. The van der Waals surface area contributed by atoms with Crippen LogP contribution in [0.15, 0.2) is 65.8 Å². The summed E-state index contributed by atoms with van der Waals surface area (Å²) in [4.78, 5) is 18.3. The lowest BCUT2D eigenvalue weighted by molar-refractivity contribution is -0.383. The van der Waals surface area contributed by atoms with Crippen LogP contribution in [0.4, 0.5) is 5.69 Å². The van der Waals surface area contributed by atoms with Crippen LogP contribution in [0.25, 0.3) is 27.5 Å². The van der Waals surface area contributed by atoms with Crippen molar-refractivity contribution in [1.82, 2.24) is 30.2 Å². The second-order valence-corrected chi connectivity index (χ2v) is 7.22. The standard InChI is InChI=1S/C19H13N7O2S/c27-26(28)16-10-4-8-14-18(16)21-17(20-14)11-29-19-22-23-24-25(19)15-9-3-6-12-5-1-2-7-13(12)15/h1-10H,11H2,(H,20,21). The minimum Gasteiger partial charge on any atom is -0.341 e. The quantitative estimate of drug-likeness (QED) is 0.269. The van der Waals surface area contributed by atoms with E-state index < -0.39 is 4.92 Å². The number of tetrazole rings is 1. The fraction of sp³-hybridized carbons (Fsp3) is 0.0526. The van der Waals surface area contributed by atoms with Crippen LogP contribution < -0.4 is 0 Å². The van der Waals surface area contributed by atoms with Crippen molar-refractivity contribution in [3.8, 4) is 5.69 Å². The number of H-pyrrole nitrogens is 1. The Morgan fingerprint density at radius 1 is 1.07 bits per heavy atom. The number of nitrogens with zero attached hydrogens (tertiary/aromatic N) is 6. The molecule has 1 N–H and O–H groups in total. The Kier molecular flexibility index (Phi) is 4.17. The average Bonchev–Trinajstić information content (AvgIpc) is 3.37. The van der Waals surface area contributed by atoms with Crippen LogP contribution in [-0.4, -0.2) is 35.1 Å². The summed E-state index contributed by atoms with van der Waals surface area (Å²) in [5.74, 6) is 1.06. The van der Waals surface area contributed by atoms with Gasteiger partial charge in [0.15, 0.2) is 5.52 Å². The summed E-state index contributed by atoms with van der Waals surface area (Å²) in [6.07, 6.45) is 0. The number of non-ortho nitro benzene ring substituents is 1. The lowest BCUT2D eigenvalue weighted by atomic mass is 10.1. The van der Waals surface area contributed by atoms with Crippen molar-refractivity contribution in [3.63, 3.8) is 0 Å². The molecular weight excluding hydrogens is 390 g/mol. The fourth-order valence-corrected chi connectivity index (χ4v) is 3.98. The molecule has 0 bridgehead atoms. The van der Waals surface area contributed by atoms with Gasteiger partial charge in [0.25, 0.3) is 5.69 Å². The molecule has 29 heavy (non-hydrogen) atoms. The second kappa shape index (κ2) is 6.99. The molecule has 0 aliphatic rings. The summed E-state index contributed by atoms with van der Waals surface area (Å²) < 4.78 is 1.69. The molecule has 0 fully saturated rings. The second-order valence-electron chi connectivity index (χ2n) is 6.27. The number of nitro benzene ring substituents is 1. The number of hydrogen-bond acceptors (Lipinski definition) is 7. The number of thioether (sulfide) groups is 1. The molecule has 2 aromatic heterocycles. The molecule has 0 aliphatic carbocycles. The van der Waals surface area contributed by atoms with E-state index in [0.717, 1.165) is 16.5 Å². The zero-order chi connectivity index (χ0) is 19.8. The van der Waals surface area contributed by atoms with Gasteiger partial charge in [0, 0.05) is 11.5 Å². The van der Waals surface area contributed by atoms with Gasteiger partial charge in [-0.25, -0.2) is 4.98 Å². The van der Waals surface area contributed by atoms with Crippen molar-refractivity contribution in [2.75, 3.05) is 0 Å². The number of nitrogens with one attached hydrogen (secondary N) is 1. The first-order chi connectivity index (χ1) is 14.2. The lowest BCUT2D eigenvalue weighted by Gasteiger charge is -2.07. The Morgan fingerprint density at radius 2 is 1.90 bits per heavy atom. The first kappa shape index (κ1) is 17.3. The largest absolute Gasteiger partial charge is 0.341 e. The topological polar surface area (TPSA) is 115 Å². The normalized spacial score (nSPS) is 11.3. The number of nitro groups is 1. The number of fused-ring (bicyclic) bond motifs is 2. The number of imidazole rings is 1. The highest BCUT2D eigenvalue weighted by atomic mass is 32.2. The first-order valence-electron chi connectivity index (χ1n) is 8.72. The predicted molar refractivity (Wildman–Crippen MR) is 109 cm³/mol. The van der Waals surface area contributed by atoms with Crippen molar-refractivity contribution < 1.29 is 4.92 Å². The number of aromatic amines is 1. The molecule has 9 nitrogen and oxygen atoms in total. The maximum Gasteiger partial charge on any atom is 0.297 e. The number of rotatable bonds is 5. The fourth-order valence-electron chi connectivity index (χ4n) is 3.23. The third-order valence-corrected chi connectivity index (χ3v) is 5.44. The molecule has 142 valence electrons. The van der Waals surface area contributed by atoms with Gasteiger partial charge in [-0.15, -0.1) is 5.10 Å². The van der Waals surface area contributed by atoms with E-state index in [1.165, 1.54) is 17.8 Å². The Bertz CT molecular complexity index is 1360. The molecule has 0 atom stereocenters. The molecule has 0 saturated heterocycles. The van der Waals surface area contributed by atoms with Gasteiger partial charge < -0.3 is 4.98 Å². The monoisotopic (exact) mass is 403 g/mol. The third-order valence-electron chi connectivity index (χ3n) is 4.51. The van der Waals surface area contributed by atoms with Crippen LogP contribution in [0.5, 0.6) is 0 Å². The molecule has 3 aromatic carbocycles. The lowest BCUT2D eigenvalue weighted by Crippen LogP contribution is -2.00. The van der Waals surface area contributed by atoms with Crippen molar-refractivity contribution >= 4 is 39.3 Å². The van der Waals surface area contributed by atoms with Crippen LogP contribution >= 0.6 is 11.8 Å². The minimum atomic E-state index is -0.429. The van der Waals surface area contributed by atoms with Gasteiger partial charge in [-0.3, -0.25) is 10.1 Å². The highest BCUT2D eigenvalue weighted by Gasteiger charge is 2.17. The molecular formula is C19H13N7O2S. The van der Waals surface area contributed by atoms with Crippen LogP contribution in [0.2, 0.25) is 0 Å². The summed E-state index contributed by atoms with van der Waals surface area (Å²) in [6.45, 7) is 0. The summed E-state index contributed by atoms with van der Waals surface area (Å²) in [5, 5.41) is 26.0. The highest BCUT2D eigenvalue weighted by Crippen LogP contribution is 2.28. The van der Waals surface area contributed by atoms with Gasteiger partial charge in [0.1, 0.15) is 5.82 Å². The molecule has 10 heteroatoms. The van der Waals surface area contributed by atoms with Crippen LogP contribution in [0.1, 0.15) is 5.82 Å². The molecule has 5 aromatic rings. The molecule has 0 spiro atoms. The summed E-state index contributed by atoms with van der Waals surface area (Å²) >= 11 is 1.40. The average molecular weight is 403 g/mol. The predicted octanol–water partition coefficient (Wildman–Crippen LogP) is 3.89. The van der Waals surface area contributed by atoms with E-state index >= 15 is 0 Å². The Labute approximate surface area is 167 Å². The van der Waals surface area contributed by atoms with Crippen LogP contribution in [-0.2, 0) is 5.75 Å². The van der Waals surface area contributed by atoms with E-state index in [9.17, 15) is 10.1 Å².